The number of aromatic nitrogens is 3. The smallest absolute Gasteiger partial charge is 0.258 e. The van der Waals surface area contributed by atoms with Gasteiger partial charge in [0.05, 0.1) is 32.5 Å². The first-order chi connectivity index (χ1) is 16.9. The number of oxime groups is 1. The Morgan fingerprint density at radius 3 is 2.63 bits per heavy atom. The van der Waals surface area contributed by atoms with Crippen LogP contribution < -0.4 is 11.1 Å². The number of aryl methyl sites for hydroxylation is 2. The summed E-state index contributed by atoms with van der Waals surface area (Å²) in [6.45, 7) is 3.74. The van der Waals surface area contributed by atoms with E-state index in [1.54, 1.807) is 29.7 Å². The Morgan fingerprint density at radius 2 is 2.00 bits per heavy atom. The Morgan fingerprint density at radius 1 is 1.23 bits per heavy atom. The van der Waals surface area contributed by atoms with Gasteiger partial charge < -0.3 is 20.8 Å². The highest BCUT2D eigenvalue weighted by molar-refractivity contribution is 7.16. The van der Waals surface area contributed by atoms with Gasteiger partial charge in [0.15, 0.2) is 11.7 Å². The van der Waals surface area contributed by atoms with Crippen LogP contribution in [0.1, 0.15) is 46.7 Å². The molecule has 35 heavy (non-hydrogen) atoms. The van der Waals surface area contributed by atoms with Crippen molar-refractivity contribution in [1.82, 2.24) is 19.9 Å². The van der Waals surface area contributed by atoms with E-state index in [4.69, 9.17) is 10.6 Å². The molecule has 2 fully saturated rings. The van der Waals surface area contributed by atoms with Crippen LogP contribution in [0.5, 0.6) is 0 Å². The Labute approximate surface area is 210 Å². The molecule has 2 aliphatic heterocycles. The summed E-state index contributed by atoms with van der Waals surface area (Å²) in [6.07, 6.45) is 4.72. The van der Waals surface area contributed by atoms with Crippen molar-refractivity contribution < 1.29 is 14.4 Å². The van der Waals surface area contributed by atoms with Crippen molar-refractivity contribution in [1.29, 1.82) is 0 Å². The van der Waals surface area contributed by atoms with Gasteiger partial charge in [-0.1, -0.05) is 5.16 Å². The van der Waals surface area contributed by atoms with Crippen molar-refractivity contribution in [2.75, 3.05) is 11.9 Å². The molecule has 182 valence electrons. The number of nitrogens with two attached hydrogens (primary N) is 1. The molecule has 0 spiro atoms. The van der Waals surface area contributed by atoms with E-state index in [0.717, 1.165) is 45.0 Å². The lowest BCUT2D eigenvalue weighted by Crippen LogP contribution is -2.46. The lowest BCUT2D eigenvalue weighted by Gasteiger charge is -2.35. The maximum absolute atomic E-state index is 13.3. The number of amides is 2. The van der Waals surface area contributed by atoms with Crippen LogP contribution in [-0.4, -0.2) is 56.1 Å². The average Bonchev–Trinajstić information content (AvgIpc) is 3.49. The number of primary amides is 1. The van der Waals surface area contributed by atoms with Gasteiger partial charge in [-0.25, -0.2) is 15.0 Å². The van der Waals surface area contributed by atoms with E-state index in [9.17, 15) is 9.59 Å². The first kappa shape index (κ1) is 23.4. The molecule has 2 amide bonds. The van der Waals surface area contributed by atoms with Crippen molar-refractivity contribution in [2.24, 2.45) is 10.9 Å². The zero-order chi connectivity index (χ0) is 24.5. The van der Waals surface area contributed by atoms with Gasteiger partial charge >= 0.3 is 0 Å². The zero-order valence-electron chi connectivity index (χ0n) is 19.4. The number of rotatable bonds is 7. The van der Waals surface area contributed by atoms with E-state index in [1.807, 2.05) is 24.1 Å². The number of anilines is 2. The maximum atomic E-state index is 13.3. The maximum Gasteiger partial charge on any atom is 0.258 e. The number of hydrogen-bond acceptors (Lipinski definition) is 10. The van der Waals surface area contributed by atoms with E-state index >= 15 is 0 Å². The molecule has 3 aromatic rings. The summed E-state index contributed by atoms with van der Waals surface area (Å²) in [7, 11) is 0. The lowest BCUT2D eigenvalue weighted by molar-refractivity contribution is -0.122. The monoisotopic (exact) mass is 511 g/mol. The third-order valence-electron chi connectivity index (χ3n) is 6.08. The summed E-state index contributed by atoms with van der Waals surface area (Å²) in [5.41, 5.74) is 8.38. The van der Waals surface area contributed by atoms with Gasteiger partial charge in [-0.3, -0.25) is 9.59 Å². The number of fused-ring (bicyclic) bond motifs is 2. The van der Waals surface area contributed by atoms with E-state index < -0.39 is 5.91 Å². The molecule has 0 saturated carbocycles. The van der Waals surface area contributed by atoms with Crippen LogP contribution in [0.2, 0.25) is 0 Å². The molecule has 5 heterocycles. The number of nitrogens with zero attached hydrogens (tertiary/aromatic N) is 5. The fourth-order valence-electron chi connectivity index (χ4n) is 4.64. The van der Waals surface area contributed by atoms with Crippen LogP contribution >= 0.6 is 22.7 Å². The van der Waals surface area contributed by atoms with Crippen LogP contribution in [0.3, 0.4) is 0 Å². The standard InChI is InChI=1S/C23H25N7O3S2/c1-12-21(35-13(2)26-12)18-11-34-23(27-18)28-20-6-3-14(9-25-20)22(32)30-16-4-5-17(30)8-15(7-16)29-33-10-19(24)31/h3,6,9,11,16-17H,4-5,7-8,10H2,1-2H3,(H2,24,31)(H,25,27,28)/t16-,17+. The van der Waals surface area contributed by atoms with Gasteiger partial charge in [0, 0.05) is 36.5 Å². The minimum absolute atomic E-state index is 0.0266. The Bertz CT molecular complexity index is 1270. The van der Waals surface area contributed by atoms with Crippen molar-refractivity contribution in [2.45, 2.75) is 51.6 Å². The van der Waals surface area contributed by atoms with E-state index in [0.29, 0.717) is 24.2 Å². The van der Waals surface area contributed by atoms with E-state index in [2.05, 4.69) is 25.4 Å². The van der Waals surface area contributed by atoms with Gasteiger partial charge in [-0.15, -0.1) is 22.7 Å². The summed E-state index contributed by atoms with van der Waals surface area (Å²) < 4.78 is 0. The molecule has 0 aromatic carbocycles. The summed E-state index contributed by atoms with van der Waals surface area (Å²) in [5, 5.41) is 11.0. The van der Waals surface area contributed by atoms with Gasteiger partial charge in [-0.2, -0.15) is 0 Å². The number of pyridine rings is 1. The number of nitrogens with one attached hydrogen (secondary N) is 1. The number of carbonyl (C=O) groups excluding carboxylic acids is 2. The zero-order valence-corrected chi connectivity index (χ0v) is 21.0. The molecule has 12 heteroatoms. The Hall–Kier alpha value is -3.38. The fraction of sp³-hybridized carbons (Fsp3) is 0.391. The highest BCUT2D eigenvalue weighted by atomic mass is 32.1. The molecule has 3 N–H and O–H groups in total. The summed E-state index contributed by atoms with van der Waals surface area (Å²) in [5.74, 6) is 0.0409. The average molecular weight is 512 g/mol. The van der Waals surface area contributed by atoms with Crippen LogP contribution in [0.4, 0.5) is 10.9 Å². The van der Waals surface area contributed by atoms with Crippen molar-refractivity contribution in [3.8, 4) is 10.6 Å². The second kappa shape index (κ2) is 9.70. The first-order valence-corrected chi connectivity index (χ1v) is 13.0. The van der Waals surface area contributed by atoms with Crippen LogP contribution in [-0.2, 0) is 9.63 Å². The molecule has 0 aliphatic carbocycles. The first-order valence-electron chi connectivity index (χ1n) is 11.3. The quantitative estimate of drug-likeness (QED) is 0.462. The normalized spacial score (nSPS) is 20.3. The lowest BCUT2D eigenvalue weighted by atomic mass is 9.99. The molecule has 0 radical (unpaired) electrons. The molecule has 2 atom stereocenters. The van der Waals surface area contributed by atoms with Gasteiger partial charge in [0.2, 0.25) is 0 Å². The van der Waals surface area contributed by atoms with Gasteiger partial charge in [0.25, 0.3) is 11.8 Å². The highest BCUT2D eigenvalue weighted by Crippen LogP contribution is 2.36. The highest BCUT2D eigenvalue weighted by Gasteiger charge is 2.42. The molecule has 3 aromatic heterocycles. The van der Waals surface area contributed by atoms with Crippen LogP contribution in [0.25, 0.3) is 10.6 Å². The second-order valence-electron chi connectivity index (χ2n) is 8.65. The Kier molecular flexibility index (Phi) is 6.48. The Balaban J connectivity index is 1.22. The SMILES string of the molecule is Cc1nc(C)c(-c2csc(Nc3ccc(C(=O)N4[C@@H]5CC[C@H]4CC(=NOCC(N)=O)C5)cn3)n2)s1. The number of piperidine rings is 1. The number of hydrogen-bond donors (Lipinski definition) is 2. The molecule has 2 aliphatic rings. The summed E-state index contributed by atoms with van der Waals surface area (Å²) >= 11 is 3.13. The fourth-order valence-corrected chi connectivity index (χ4v) is 6.30. The molecule has 5 rings (SSSR count). The van der Waals surface area contributed by atoms with Crippen molar-refractivity contribution >= 4 is 51.1 Å². The van der Waals surface area contributed by atoms with Gasteiger partial charge in [0.1, 0.15) is 5.82 Å². The third kappa shape index (κ3) is 5.03. The molecule has 0 unspecified atom stereocenters. The molecule has 10 nitrogen and oxygen atoms in total. The van der Waals surface area contributed by atoms with Crippen LogP contribution in [0.15, 0.2) is 28.9 Å². The molecular weight excluding hydrogens is 486 g/mol. The van der Waals surface area contributed by atoms with Gasteiger partial charge in [-0.05, 0) is 38.8 Å². The predicted octanol–water partition coefficient (Wildman–Crippen LogP) is 3.65. The third-order valence-corrected chi connectivity index (χ3v) is 7.94. The minimum atomic E-state index is -0.560. The number of carbonyl (C=O) groups is 2. The topological polar surface area (TPSA) is 136 Å². The second-order valence-corrected chi connectivity index (χ2v) is 10.7. The molecule has 2 bridgehead atoms. The van der Waals surface area contributed by atoms with Crippen molar-refractivity contribution in [3.05, 3.63) is 40.0 Å². The van der Waals surface area contributed by atoms with E-state index in [1.165, 1.54) is 11.3 Å². The summed E-state index contributed by atoms with van der Waals surface area (Å²) in [6, 6.07) is 3.74. The van der Waals surface area contributed by atoms with E-state index in [-0.39, 0.29) is 24.6 Å². The largest absolute Gasteiger partial charge is 0.386 e. The predicted molar refractivity (Wildman–Crippen MR) is 135 cm³/mol. The van der Waals surface area contributed by atoms with Crippen molar-refractivity contribution in [3.63, 3.8) is 0 Å². The van der Waals surface area contributed by atoms with Crippen LogP contribution in [0, 0.1) is 13.8 Å². The molecular formula is C23H25N7O3S2. The minimum Gasteiger partial charge on any atom is -0.386 e. The summed E-state index contributed by atoms with van der Waals surface area (Å²) in [4.78, 5) is 45.7. The number of thiazole rings is 2. The molecule has 2 saturated heterocycles.